The van der Waals surface area contributed by atoms with Gasteiger partial charge in [0.15, 0.2) is 0 Å². The first-order valence-corrected chi connectivity index (χ1v) is 8.43. The molecule has 0 aromatic heterocycles. The molecule has 0 spiro atoms. The second-order valence-corrected chi connectivity index (χ2v) is 6.30. The standard InChI is InChI=1S/C24H20.2Li/c1-4-11-20(12-5-1)21-13-10-18-24(19-21,22-14-6-2-7-15-22)23-16-8-3-9-17-23;;/h1-18H,19H2;;. The molecule has 2 radical (unpaired) electrons. The Hall–Kier alpha value is -1.67. The van der Waals surface area contributed by atoms with Crippen molar-refractivity contribution < 1.29 is 0 Å². The van der Waals surface area contributed by atoms with Crippen LogP contribution in [0.5, 0.6) is 0 Å². The molecular formula is C24H20Li2. The molecule has 0 bridgehead atoms. The summed E-state index contributed by atoms with van der Waals surface area (Å²) in [4.78, 5) is 0. The van der Waals surface area contributed by atoms with Crippen molar-refractivity contribution in [2.75, 3.05) is 0 Å². The molecule has 4 rings (SSSR count). The van der Waals surface area contributed by atoms with Gasteiger partial charge in [-0.25, -0.2) is 0 Å². The molecule has 3 aromatic rings. The van der Waals surface area contributed by atoms with Crippen LogP contribution in [0.4, 0.5) is 0 Å². The predicted octanol–water partition coefficient (Wildman–Crippen LogP) is 5.25. The van der Waals surface area contributed by atoms with Gasteiger partial charge in [-0.15, -0.1) is 0 Å². The second kappa shape index (κ2) is 9.32. The Morgan fingerprint density at radius 3 is 1.54 bits per heavy atom. The summed E-state index contributed by atoms with van der Waals surface area (Å²) in [5, 5.41) is 0. The van der Waals surface area contributed by atoms with Gasteiger partial charge in [-0.1, -0.05) is 109 Å². The van der Waals surface area contributed by atoms with Crippen molar-refractivity contribution in [3.05, 3.63) is 126 Å². The molecule has 0 atom stereocenters. The second-order valence-electron chi connectivity index (χ2n) is 6.30. The SMILES string of the molecule is C1=CC(c2ccccc2)(c2ccccc2)CC(c2ccccc2)=C1.[Li].[Li]. The molecule has 0 aliphatic heterocycles. The van der Waals surface area contributed by atoms with Crippen molar-refractivity contribution in [1.29, 1.82) is 0 Å². The van der Waals surface area contributed by atoms with Gasteiger partial charge in [0.2, 0.25) is 0 Å². The number of allylic oxidation sites excluding steroid dienone is 4. The zero-order chi connectivity index (χ0) is 16.2. The van der Waals surface area contributed by atoms with Crippen LogP contribution in [-0.2, 0) is 5.41 Å². The third-order valence-corrected chi connectivity index (χ3v) is 4.87. The van der Waals surface area contributed by atoms with E-state index in [9.17, 15) is 0 Å². The van der Waals surface area contributed by atoms with Gasteiger partial charge in [0, 0.05) is 43.1 Å². The molecule has 2 heteroatoms. The summed E-state index contributed by atoms with van der Waals surface area (Å²) < 4.78 is 0. The molecule has 1 aliphatic rings. The normalized spacial score (nSPS) is 14.5. The van der Waals surface area contributed by atoms with Gasteiger partial charge in [-0.3, -0.25) is 0 Å². The zero-order valence-electron chi connectivity index (χ0n) is 15.6. The van der Waals surface area contributed by atoms with Gasteiger partial charge in [0.1, 0.15) is 0 Å². The van der Waals surface area contributed by atoms with Crippen molar-refractivity contribution >= 4 is 43.3 Å². The summed E-state index contributed by atoms with van der Waals surface area (Å²) in [7, 11) is 0. The van der Waals surface area contributed by atoms with Crippen LogP contribution in [0, 0.1) is 0 Å². The molecule has 0 unspecified atom stereocenters. The van der Waals surface area contributed by atoms with Crippen molar-refractivity contribution in [2.45, 2.75) is 11.8 Å². The van der Waals surface area contributed by atoms with Gasteiger partial charge in [-0.2, -0.15) is 0 Å². The van der Waals surface area contributed by atoms with Crippen LogP contribution in [0.2, 0.25) is 0 Å². The van der Waals surface area contributed by atoms with E-state index < -0.39 is 0 Å². The van der Waals surface area contributed by atoms with Gasteiger partial charge in [0.25, 0.3) is 0 Å². The maximum atomic E-state index is 2.35. The van der Waals surface area contributed by atoms with Gasteiger partial charge < -0.3 is 0 Å². The van der Waals surface area contributed by atoms with E-state index in [0.717, 1.165) is 6.42 Å². The summed E-state index contributed by atoms with van der Waals surface area (Å²) in [6.07, 6.45) is 7.79. The number of rotatable bonds is 3. The van der Waals surface area contributed by atoms with Crippen LogP contribution in [0.3, 0.4) is 0 Å². The average molecular weight is 322 g/mol. The van der Waals surface area contributed by atoms with Crippen LogP contribution >= 0.6 is 0 Å². The number of hydrogen-bond acceptors (Lipinski definition) is 0. The molecule has 118 valence electrons. The van der Waals surface area contributed by atoms with E-state index >= 15 is 0 Å². The van der Waals surface area contributed by atoms with Crippen molar-refractivity contribution in [3.8, 4) is 0 Å². The summed E-state index contributed by atoms with van der Waals surface area (Å²) in [6, 6.07) is 32.4. The first kappa shape index (κ1) is 20.6. The molecule has 0 nitrogen and oxygen atoms in total. The molecule has 0 fully saturated rings. The van der Waals surface area contributed by atoms with Crippen LogP contribution in [0.25, 0.3) is 5.57 Å². The molecule has 0 heterocycles. The van der Waals surface area contributed by atoms with Gasteiger partial charge in [-0.05, 0) is 28.7 Å². The largest absolute Gasteiger partial charge is 0.0693 e. The zero-order valence-corrected chi connectivity index (χ0v) is 15.6. The smallest absolute Gasteiger partial charge is 0.0425 e. The molecule has 0 amide bonds. The Balaban J connectivity index is 0.00000121. The molecule has 0 saturated heterocycles. The van der Waals surface area contributed by atoms with E-state index in [1.165, 1.54) is 22.3 Å². The van der Waals surface area contributed by atoms with Gasteiger partial charge in [0.05, 0.1) is 0 Å². The van der Waals surface area contributed by atoms with E-state index in [4.69, 9.17) is 0 Å². The number of hydrogen-bond donors (Lipinski definition) is 0. The van der Waals surface area contributed by atoms with E-state index in [0.29, 0.717) is 0 Å². The molecule has 0 N–H and O–H groups in total. The Labute approximate surface area is 180 Å². The fourth-order valence-corrected chi connectivity index (χ4v) is 3.63. The fourth-order valence-electron chi connectivity index (χ4n) is 3.63. The Morgan fingerprint density at radius 1 is 0.577 bits per heavy atom. The third kappa shape index (κ3) is 4.01. The Morgan fingerprint density at radius 2 is 1.04 bits per heavy atom. The van der Waals surface area contributed by atoms with E-state index in [2.05, 4.69) is 109 Å². The third-order valence-electron chi connectivity index (χ3n) is 4.87. The topological polar surface area (TPSA) is 0 Å². The molecule has 1 aliphatic carbocycles. The summed E-state index contributed by atoms with van der Waals surface area (Å²) in [5.41, 5.74) is 5.26. The fraction of sp³-hybridized carbons (Fsp3) is 0.0833. The monoisotopic (exact) mass is 322 g/mol. The Kier molecular flexibility index (Phi) is 7.40. The molecular weight excluding hydrogens is 302 g/mol. The van der Waals surface area contributed by atoms with Crippen LogP contribution in [0.1, 0.15) is 23.1 Å². The van der Waals surface area contributed by atoms with E-state index in [1.807, 2.05) is 0 Å². The number of benzene rings is 3. The van der Waals surface area contributed by atoms with Crippen LogP contribution in [0.15, 0.2) is 109 Å². The van der Waals surface area contributed by atoms with Crippen molar-refractivity contribution in [1.82, 2.24) is 0 Å². The van der Waals surface area contributed by atoms with E-state index in [1.54, 1.807) is 0 Å². The quantitative estimate of drug-likeness (QED) is 0.577. The summed E-state index contributed by atoms with van der Waals surface area (Å²) >= 11 is 0. The average Bonchev–Trinajstić information content (AvgIpc) is 2.70. The summed E-state index contributed by atoms with van der Waals surface area (Å²) in [5.74, 6) is 0. The molecule has 26 heavy (non-hydrogen) atoms. The van der Waals surface area contributed by atoms with Crippen molar-refractivity contribution in [3.63, 3.8) is 0 Å². The Bertz CT molecular complexity index is 826. The maximum absolute atomic E-state index is 2.35. The predicted molar refractivity (Wildman–Crippen MR) is 113 cm³/mol. The first-order valence-electron chi connectivity index (χ1n) is 8.43. The maximum Gasteiger partial charge on any atom is 0.0425 e. The first-order chi connectivity index (χ1) is 11.9. The summed E-state index contributed by atoms with van der Waals surface area (Å²) in [6.45, 7) is 0. The minimum absolute atomic E-state index is 0. The van der Waals surface area contributed by atoms with Gasteiger partial charge >= 0.3 is 0 Å². The van der Waals surface area contributed by atoms with E-state index in [-0.39, 0.29) is 43.1 Å². The minimum atomic E-state index is -0.109. The van der Waals surface area contributed by atoms with Crippen LogP contribution < -0.4 is 0 Å². The molecule has 0 saturated carbocycles. The minimum Gasteiger partial charge on any atom is -0.0693 e. The van der Waals surface area contributed by atoms with Crippen molar-refractivity contribution in [2.24, 2.45) is 0 Å². The molecule has 3 aromatic carbocycles. The van der Waals surface area contributed by atoms with Crippen LogP contribution in [-0.4, -0.2) is 37.7 Å².